The Balaban J connectivity index is 1.74. The maximum atomic E-state index is 5.78. The molecule has 0 spiro atoms. The Kier molecular flexibility index (Phi) is 4.45. The van der Waals surface area contributed by atoms with Gasteiger partial charge in [-0.1, -0.05) is 13.8 Å². The second-order valence-corrected chi connectivity index (χ2v) is 6.53. The number of nitrogens with one attached hydrogen (secondary N) is 1. The van der Waals surface area contributed by atoms with Crippen LogP contribution in [-0.4, -0.2) is 50.3 Å². The van der Waals surface area contributed by atoms with Crippen LogP contribution in [0.1, 0.15) is 39.5 Å². The number of likely N-dealkylation sites (N-methyl/N-ethyl adjacent to an activating group) is 1. The molecule has 1 aliphatic heterocycles. The normalized spacial score (nSPS) is 30.7. The Morgan fingerprint density at radius 2 is 2.00 bits per heavy atom. The molecule has 0 amide bonds. The van der Waals surface area contributed by atoms with Crippen molar-refractivity contribution in [2.75, 3.05) is 33.3 Å². The van der Waals surface area contributed by atoms with E-state index in [1.165, 1.54) is 25.7 Å². The largest absolute Gasteiger partial charge is 0.374 e. The number of nitrogens with zero attached hydrogens (tertiary/aromatic N) is 1. The second-order valence-electron chi connectivity index (χ2n) is 6.53. The Morgan fingerprint density at radius 3 is 2.59 bits per heavy atom. The molecule has 0 radical (unpaired) electrons. The van der Waals surface area contributed by atoms with Crippen LogP contribution in [0.2, 0.25) is 0 Å². The summed E-state index contributed by atoms with van der Waals surface area (Å²) in [5.41, 5.74) is 0.570. The third kappa shape index (κ3) is 3.94. The molecule has 0 aromatic rings. The number of hydrogen-bond acceptors (Lipinski definition) is 3. The summed E-state index contributed by atoms with van der Waals surface area (Å²) in [6.45, 7) is 8.78. The average Bonchev–Trinajstić information content (AvgIpc) is 2.30. The van der Waals surface area contributed by atoms with Gasteiger partial charge in [0.05, 0.1) is 12.7 Å². The molecule has 3 heteroatoms. The van der Waals surface area contributed by atoms with Crippen LogP contribution in [0.4, 0.5) is 0 Å². The van der Waals surface area contributed by atoms with Gasteiger partial charge in [-0.3, -0.25) is 0 Å². The molecule has 2 rings (SSSR count). The monoisotopic (exact) mass is 240 g/mol. The molecule has 0 aromatic carbocycles. The molecule has 1 unspecified atom stereocenters. The van der Waals surface area contributed by atoms with E-state index in [2.05, 4.69) is 31.1 Å². The van der Waals surface area contributed by atoms with Crippen molar-refractivity contribution >= 4 is 0 Å². The van der Waals surface area contributed by atoms with Crippen LogP contribution < -0.4 is 5.32 Å². The number of hydrogen-bond donors (Lipinski definition) is 1. The van der Waals surface area contributed by atoms with E-state index < -0.39 is 0 Å². The van der Waals surface area contributed by atoms with Gasteiger partial charge in [0.1, 0.15) is 0 Å². The van der Waals surface area contributed by atoms with Gasteiger partial charge in [0.15, 0.2) is 0 Å². The van der Waals surface area contributed by atoms with Crippen molar-refractivity contribution < 1.29 is 4.74 Å². The first kappa shape index (κ1) is 13.3. The van der Waals surface area contributed by atoms with Crippen LogP contribution in [0.15, 0.2) is 0 Å². The highest BCUT2D eigenvalue weighted by Gasteiger charge is 2.29. The van der Waals surface area contributed by atoms with Crippen LogP contribution >= 0.6 is 0 Å². The zero-order valence-corrected chi connectivity index (χ0v) is 11.7. The molecule has 2 aliphatic rings. The van der Waals surface area contributed by atoms with Crippen LogP contribution in [0.5, 0.6) is 0 Å². The van der Waals surface area contributed by atoms with Crippen molar-refractivity contribution in [3.05, 3.63) is 0 Å². The van der Waals surface area contributed by atoms with Gasteiger partial charge in [-0.05, 0) is 38.1 Å². The van der Waals surface area contributed by atoms with Gasteiger partial charge in [-0.2, -0.15) is 0 Å². The first-order valence-corrected chi connectivity index (χ1v) is 7.09. The fourth-order valence-electron chi connectivity index (χ4n) is 3.03. The minimum Gasteiger partial charge on any atom is -0.374 e. The summed E-state index contributed by atoms with van der Waals surface area (Å²) >= 11 is 0. The Morgan fingerprint density at radius 1 is 1.29 bits per heavy atom. The Labute approximate surface area is 106 Å². The van der Waals surface area contributed by atoms with Crippen molar-refractivity contribution in [2.45, 2.75) is 51.7 Å². The third-order valence-corrected chi connectivity index (χ3v) is 4.43. The topological polar surface area (TPSA) is 24.5 Å². The van der Waals surface area contributed by atoms with Gasteiger partial charge in [-0.25, -0.2) is 0 Å². The van der Waals surface area contributed by atoms with Gasteiger partial charge in [0, 0.05) is 25.7 Å². The molecule has 1 N–H and O–H groups in total. The zero-order valence-electron chi connectivity index (χ0n) is 11.7. The van der Waals surface area contributed by atoms with E-state index in [-0.39, 0.29) is 0 Å². The lowest BCUT2D eigenvalue weighted by atomic mass is 9.75. The molecule has 1 atom stereocenters. The molecule has 17 heavy (non-hydrogen) atoms. The standard InChI is InChI=1S/C14H28N2O/c1-14(2)6-4-12(5-7-14)16(3)11-13-10-15-8-9-17-13/h12-13,15H,4-11H2,1-3H3. The summed E-state index contributed by atoms with van der Waals surface area (Å²) in [5, 5.41) is 3.40. The summed E-state index contributed by atoms with van der Waals surface area (Å²) in [6, 6.07) is 0.772. The van der Waals surface area contributed by atoms with Crippen LogP contribution in [-0.2, 0) is 4.74 Å². The Hall–Kier alpha value is -0.120. The van der Waals surface area contributed by atoms with Gasteiger partial charge < -0.3 is 15.0 Å². The van der Waals surface area contributed by atoms with E-state index in [1.54, 1.807) is 0 Å². The summed E-state index contributed by atoms with van der Waals surface area (Å²) in [5.74, 6) is 0. The summed E-state index contributed by atoms with van der Waals surface area (Å²) < 4.78 is 5.78. The molecule has 1 heterocycles. The van der Waals surface area contributed by atoms with Crippen molar-refractivity contribution in [3.8, 4) is 0 Å². The van der Waals surface area contributed by atoms with Crippen LogP contribution in [0.3, 0.4) is 0 Å². The first-order valence-electron chi connectivity index (χ1n) is 7.09. The lowest BCUT2D eigenvalue weighted by molar-refractivity contribution is -0.00384. The van der Waals surface area contributed by atoms with Crippen LogP contribution in [0, 0.1) is 5.41 Å². The van der Waals surface area contributed by atoms with Crippen molar-refractivity contribution in [2.24, 2.45) is 5.41 Å². The molecule has 0 aromatic heterocycles. The van der Waals surface area contributed by atoms with Gasteiger partial charge >= 0.3 is 0 Å². The van der Waals surface area contributed by atoms with E-state index in [4.69, 9.17) is 4.74 Å². The quantitative estimate of drug-likeness (QED) is 0.815. The van der Waals surface area contributed by atoms with E-state index >= 15 is 0 Å². The maximum absolute atomic E-state index is 5.78. The highest BCUT2D eigenvalue weighted by atomic mass is 16.5. The highest BCUT2D eigenvalue weighted by molar-refractivity contribution is 4.84. The minimum atomic E-state index is 0.392. The number of ether oxygens (including phenoxy) is 1. The molecule has 2 fully saturated rings. The molecular weight excluding hydrogens is 212 g/mol. The molecule has 1 saturated carbocycles. The summed E-state index contributed by atoms with van der Waals surface area (Å²) in [4.78, 5) is 2.52. The third-order valence-electron chi connectivity index (χ3n) is 4.43. The number of rotatable bonds is 3. The first-order chi connectivity index (χ1) is 8.07. The maximum Gasteiger partial charge on any atom is 0.0826 e. The molecule has 0 bridgehead atoms. The lowest BCUT2D eigenvalue weighted by Gasteiger charge is -2.40. The van der Waals surface area contributed by atoms with Gasteiger partial charge in [-0.15, -0.1) is 0 Å². The fourth-order valence-corrected chi connectivity index (χ4v) is 3.03. The predicted molar refractivity (Wildman–Crippen MR) is 71.3 cm³/mol. The number of morpholine rings is 1. The van der Waals surface area contributed by atoms with Crippen molar-refractivity contribution in [1.29, 1.82) is 0 Å². The molecule has 100 valence electrons. The van der Waals surface area contributed by atoms with E-state index in [1.807, 2.05) is 0 Å². The fraction of sp³-hybridized carbons (Fsp3) is 1.00. The summed E-state index contributed by atoms with van der Waals surface area (Å²) in [7, 11) is 2.26. The van der Waals surface area contributed by atoms with Crippen molar-refractivity contribution in [1.82, 2.24) is 10.2 Å². The predicted octanol–water partition coefficient (Wildman–Crippen LogP) is 1.88. The zero-order chi connectivity index (χ0) is 12.3. The lowest BCUT2D eigenvalue weighted by Crippen LogP contribution is -2.47. The molecule has 3 nitrogen and oxygen atoms in total. The van der Waals surface area contributed by atoms with Gasteiger partial charge in [0.2, 0.25) is 0 Å². The van der Waals surface area contributed by atoms with E-state index in [9.17, 15) is 0 Å². The second kappa shape index (κ2) is 5.68. The van der Waals surface area contributed by atoms with Crippen LogP contribution in [0.25, 0.3) is 0 Å². The smallest absolute Gasteiger partial charge is 0.0826 e. The minimum absolute atomic E-state index is 0.392. The molecule has 1 aliphatic carbocycles. The molecule has 1 saturated heterocycles. The Bertz CT molecular complexity index is 226. The van der Waals surface area contributed by atoms with Crippen molar-refractivity contribution in [3.63, 3.8) is 0 Å². The SMILES string of the molecule is CN(CC1CNCCO1)C1CCC(C)(C)CC1. The molecular formula is C14H28N2O. The highest BCUT2D eigenvalue weighted by Crippen LogP contribution is 2.36. The summed E-state index contributed by atoms with van der Waals surface area (Å²) in [6.07, 6.45) is 5.83. The van der Waals surface area contributed by atoms with E-state index in [0.29, 0.717) is 11.5 Å². The van der Waals surface area contributed by atoms with E-state index in [0.717, 1.165) is 32.3 Å². The average molecular weight is 240 g/mol. The van der Waals surface area contributed by atoms with Gasteiger partial charge in [0.25, 0.3) is 0 Å².